The Hall–Kier alpha value is 23.7. The fourth-order valence-corrected chi connectivity index (χ4v) is 0. The van der Waals surface area contributed by atoms with Gasteiger partial charge in [0, 0.05) is 1010 Å². The van der Waals surface area contributed by atoms with Gasteiger partial charge in [0.1, 0.15) is 0 Å². The molecular weight excluding hydrogens is 5370 g/mol. The van der Waals surface area contributed by atoms with E-state index in [1.54, 1.807) is 0 Å². The molecule has 0 rings (SSSR count). The van der Waals surface area contributed by atoms with Gasteiger partial charge in [-0.2, -0.15) is 0 Å². The molecule has 0 saturated carbocycles. The van der Waals surface area contributed by atoms with Gasteiger partial charge in [-0.1, -0.05) is 0 Å². The fourth-order valence-electron chi connectivity index (χ4n) is 0. The first-order valence-corrected chi connectivity index (χ1v) is 72.2. The molecule has 0 unspecified atom stereocenters. The van der Waals surface area contributed by atoms with Gasteiger partial charge >= 0.3 is 260 Å². The van der Waals surface area contributed by atoms with E-state index in [2.05, 4.69) is 453 Å². The minimum absolute atomic E-state index is 0. The smallest absolute Gasteiger partial charge is 0 e. The first kappa shape index (κ1) is 525. The van der Waals surface area contributed by atoms with Gasteiger partial charge in [-0.3, -0.25) is 0 Å². The summed E-state index contributed by atoms with van der Waals surface area (Å²) in [5.41, 5.74) is 0. The van der Waals surface area contributed by atoms with Crippen molar-refractivity contribution < 1.29 is 822 Å². The first-order chi connectivity index (χ1) is 49.0. The summed E-state index contributed by atoms with van der Waals surface area (Å²) in [7, 11) is 1.81. The monoisotopic (exact) mass is 5510 g/mol. The van der Waals surface area contributed by atoms with E-state index < -0.39 is 0 Å². The fraction of sp³-hybridized carbons (Fsp3) is 0.662. The van der Waals surface area contributed by atoms with Crippen LogP contribution in [0.3, 0.4) is 0 Å². The van der Waals surface area contributed by atoms with Gasteiger partial charge in [-0.05, 0) is 119 Å². The zero-order valence-corrected chi connectivity index (χ0v) is 154. The first-order valence-electron chi connectivity index (χ1n) is 27.2. The molecule has 0 saturated heterocycles. The summed E-state index contributed by atoms with van der Waals surface area (Å²) in [6.07, 6.45) is 0. The van der Waals surface area contributed by atoms with E-state index in [1.165, 1.54) is 0 Å². The van der Waals surface area contributed by atoms with E-state index in [4.69, 9.17) is 107 Å². The Morgan fingerprint density at radius 2 is 0.0567 bits per heavy atom. The predicted octanol–water partition coefficient (Wildman–Crippen LogP) is 15.4. The summed E-state index contributed by atoms with van der Waals surface area (Å²) in [5, 5.41) is 0. The standard InChI is InChI=1S/15C3H9P.23CO.35Pd/c15*1-4(2)3;23*1-2;;;;;;;;;;;;;;;;;;;;;;;;;;;;;;;;;;;/h15*1-3H3;;;;;;;;;;;;;;;;;;;;;;;;;;;;;;;;;;;;;;;;;;;;;;;;;;;;;;;;;;/p+15. The number of hydrogen-bond donors (Lipinski definition) is 0. The molecule has 0 heterocycles. The van der Waals surface area contributed by atoms with Crippen molar-refractivity contribution in [3.05, 3.63) is 153 Å². The van der Waals surface area contributed by atoms with Crippen molar-refractivity contribution in [2.75, 3.05) is 300 Å². The Bertz CT molecular complexity index is 1140. The normalized spacial score (nSPS) is 4.16. The Labute approximate surface area is 1370 Å². The molecule has 0 aliphatic rings. The third kappa shape index (κ3) is 7640. The molecule has 0 aliphatic heterocycles. The summed E-state index contributed by atoms with van der Waals surface area (Å²) in [6, 6.07) is 0. The molecule has 0 N–H and O–H groups in total. The molecule has 141 heavy (non-hydrogen) atoms. The molecular formula is C68H150O23P15Pd35+15. The molecule has 0 spiro atoms. The van der Waals surface area contributed by atoms with Crippen LogP contribution < -0.4 is 0 Å². The Kier molecular flexibility index (Phi) is 3420. The molecule has 970 valence electrons. The van der Waals surface area contributed by atoms with Gasteiger partial charge in [-0.25, -0.2) is 0 Å². The van der Waals surface area contributed by atoms with Crippen molar-refractivity contribution in [2.24, 2.45) is 0 Å². The summed E-state index contributed by atoms with van der Waals surface area (Å²) >= 11 is 0. The van der Waals surface area contributed by atoms with Crippen LogP contribution in [0.4, 0.5) is 0 Å². The molecule has 0 bridgehead atoms. The average molecular weight is 5530 g/mol. The van der Waals surface area contributed by atoms with Crippen LogP contribution in [0, 0.1) is 153 Å². The van der Waals surface area contributed by atoms with Crippen LogP contribution in [0.25, 0.3) is 0 Å². The van der Waals surface area contributed by atoms with Gasteiger partial charge in [0.25, 0.3) is 0 Å². The van der Waals surface area contributed by atoms with Crippen molar-refractivity contribution in [2.45, 2.75) is 0 Å². The SMILES string of the molecule is C[PH+](C)C.C[PH+](C)C.C[PH+](C)C.C[PH+](C)C.C[PH+](C)C.C[PH+](C)C.C[PH+](C)C.C[PH+](C)C.C[PH+](C)C.C[PH+](C)C.C[PH+](C)C.C[PH+](C)C.C[PH+](C)C.C[PH+](C)C.C[PH+](C)C.[C-]#[O+].[C-]#[O+].[C-]#[O+].[C-]#[O+].[C-]#[O+].[C-]#[O+].[C-]#[O+].[C-]#[O+].[C-]#[O+].[C-]#[O+].[C-]#[O+].[C-]#[O+].[C-]#[O+].[C-]#[O+].[C-]#[O+].[C-]#[O+].[C-]#[O+].[C-]#[O+].[C-]#[O+].[C-]#[O+].[C-]#[O+].[C-]#[O+].[C-]#[O+].[Pd].[Pd].[Pd].[Pd].[Pd].[Pd].[Pd].[Pd].[Pd].[Pd].[Pd].[Pd].[Pd].[Pd].[Pd].[Pd].[Pd].[Pd].[Pd].[Pd].[Pd].[Pd].[Pd].[Pd].[Pd].[Pd].[Pd].[Pd].[Pd].[Pd].[Pd].[Pd].[Pd].[Pd].[Pd]. The molecule has 0 aromatic heterocycles. The minimum atomic E-state index is 0. The van der Waals surface area contributed by atoms with Crippen LogP contribution in [0.15, 0.2) is 0 Å². The molecule has 0 radical (unpaired) electrons. The minimum Gasteiger partial charge on any atom is 0 e. The zero-order valence-electron chi connectivity index (χ0n) is 84.5. The van der Waals surface area contributed by atoms with Gasteiger partial charge in [0.2, 0.25) is 0 Å². The van der Waals surface area contributed by atoms with Crippen molar-refractivity contribution in [3.8, 4) is 0 Å². The molecule has 0 amide bonds. The van der Waals surface area contributed by atoms with E-state index in [1.807, 2.05) is 0 Å². The quantitative estimate of drug-likeness (QED) is 0.0945. The second-order valence-electron chi connectivity index (χ2n) is 22.5. The maximum Gasteiger partial charge on any atom is 0 e. The topological polar surface area (TPSA) is 458 Å². The van der Waals surface area contributed by atoms with E-state index in [0.29, 0.717) is 0 Å². The maximum atomic E-state index is 7.50. The molecule has 23 nitrogen and oxygen atoms in total. The Morgan fingerprint density at radius 1 is 0.0567 bits per heavy atom. The summed E-state index contributed by atoms with van der Waals surface area (Å²) in [4.78, 5) is 0. The summed E-state index contributed by atoms with van der Waals surface area (Å²) in [5.74, 6) is 0. The second kappa shape index (κ2) is 919. The van der Waals surface area contributed by atoms with Crippen LogP contribution >= 0.6 is 119 Å². The predicted molar refractivity (Wildman–Crippen MR) is 482 cm³/mol. The Morgan fingerprint density at radius 3 is 0.0567 bits per heavy atom. The molecule has 0 atom stereocenters. The van der Waals surface area contributed by atoms with Crippen LogP contribution in [0.5, 0.6) is 0 Å². The van der Waals surface area contributed by atoms with Gasteiger partial charge in [0.15, 0.2) is 0 Å². The Balaban J connectivity index is -0.00000000473. The summed E-state index contributed by atoms with van der Waals surface area (Å²) < 4.78 is 172. The molecule has 73 heteroatoms. The zero-order chi connectivity index (χ0) is 99.7. The van der Waals surface area contributed by atoms with Crippen molar-refractivity contribution in [3.63, 3.8) is 0 Å². The second-order valence-corrected chi connectivity index (χ2v) is 67.5. The van der Waals surface area contributed by atoms with Crippen LogP contribution in [-0.2, 0) is 822 Å². The average Bonchev–Trinajstić information content (AvgIpc) is 3.60. The van der Waals surface area contributed by atoms with Crippen LogP contribution in [0.1, 0.15) is 0 Å². The number of hydrogen-bond acceptors (Lipinski definition) is 0. The van der Waals surface area contributed by atoms with E-state index in [0.717, 1.165) is 0 Å². The third-order valence-corrected chi connectivity index (χ3v) is 0. The van der Waals surface area contributed by atoms with Crippen molar-refractivity contribution in [1.29, 1.82) is 0 Å². The van der Waals surface area contributed by atoms with E-state index >= 15 is 0 Å². The molecule has 0 aromatic carbocycles. The van der Waals surface area contributed by atoms with E-state index in [9.17, 15) is 0 Å². The van der Waals surface area contributed by atoms with Crippen molar-refractivity contribution >= 4 is 119 Å². The number of rotatable bonds is 0. The molecule has 0 aliphatic carbocycles. The van der Waals surface area contributed by atoms with Crippen molar-refractivity contribution in [1.82, 2.24) is 0 Å². The third-order valence-electron chi connectivity index (χ3n) is 0. The van der Waals surface area contributed by atoms with Crippen LogP contribution in [0.2, 0.25) is 0 Å². The van der Waals surface area contributed by atoms with E-state index in [-0.39, 0.29) is 834 Å². The van der Waals surface area contributed by atoms with Gasteiger partial charge in [-0.15, -0.1) is 0 Å². The van der Waals surface area contributed by atoms with Crippen LogP contribution in [-0.4, -0.2) is 300 Å². The largest absolute Gasteiger partial charge is 0 e. The molecule has 0 aromatic rings. The summed E-state index contributed by atoms with van der Waals surface area (Å²) in [6.45, 7) is 206. The molecule has 0 fully saturated rings. The van der Waals surface area contributed by atoms with Gasteiger partial charge in [0.05, 0.1) is 0 Å². The van der Waals surface area contributed by atoms with Gasteiger partial charge < -0.3 is 0 Å². The maximum absolute atomic E-state index is 7.50.